The molecule has 0 aromatic heterocycles. The molecule has 0 saturated carbocycles. The smallest absolute Gasteiger partial charge is 0.244 e. The number of methoxy groups -OCH3 is 1. The molecule has 0 aliphatic carbocycles. The molecule has 0 aliphatic rings. The molecule has 1 rings (SSSR count). The first-order valence-electron chi connectivity index (χ1n) is 9.81. The van der Waals surface area contributed by atoms with Crippen LogP contribution in [-0.4, -0.2) is 19.8 Å². The molecule has 4 nitrogen and oxygen atoms in total. The van der Waals surface area contributed by atoms with E-state index in [9.17, 15) is 4.79 Å². The van der Waals surface area contributed by atoms with E-state index in [2.05, 4.69) is 6.92 Å². The molecule has 0 saturated heterocycles. The minimum atomic E-state index is -0.315. The molecule has 0 spiro atoms. The lowest BCUT2D eigenvalue weighted by molar-refractivity contribution is -0.114. The van der Waals surface area contributed by atoms with Gasteiger partial charge in [-0.15, -0.1) is 0 Å². The van der Waals surface area contributed by atoms with Crippen molar-refractivity contribution in [3.8, 4) is 5.75 Å². The Kier molecular flexibility index (Phi) is 11.5. The molecule has 0 radical (unpaired) electrons. The number of carbonyl (C=O) groups is 1. The van der Waals surface area contributed by atoms with Gasteiger partial charge in [-0.3, -0.25) is 4.79 Å². The minimum Gasteiger partial charge on any atom is -0.468 e. The number of hydrogen-bond donors (Lipinski definition) is 1. The number of amides is 1. The van der Waals surface area contributed by atoms with E-state index in [1.807, 2.05) is 31.2 Å². The number of carbonyl (C=O) groups excluding carboxylic acids is 1. The van der Waals surface area contributed by atoms with Crippen LogP contribution in [0.5, 0.6) is 5.75 Å². The van der Waals surface area contributed by atoms with E-state index in [1.54, 1.807) is 7.11 Å². The number of primary amides is 1. The molecule has 0 unspecified atom stereocenters. The van der Waals surface area contributed by atoms with Gasteiger partial charge in [-0.25, -0.2) is 0 Å². The molecule has 0 heterocycles. The first-order valence-corrected chi connectivity index (χ1v) is 9.81. The van der Waals surface area contributed by atoms with Crippen LogP contribution in [0.3, 0.4) is 0 Å². The second kappa shape index (κ2) is 13.4. The molecule has 0 fully saturated rings. The van der Waals surface area contributed by atoms with Gasteiger partial charge in [-0.1, -0.05) is 64.0 Å². The predicted octanol–water partition coefficient (Wildman–Crippen LogP) is 5.46. The summed E-state index contributed by atoms with van der Waals surface area (Å²) in [6.45, 7) is 4.43. The fraction of sp³-hybridized carbons (Fsp3) is 0.591. The highest BCUT2D eigenvalue weighted by atomic mass is 16.7. The highest BCUT2D eigenvalue weighted by Crippen LogP contribution is 2.24. The average molecular weight is 362 g/mol. The van der Waals surface area contributed by atoms with Gasteiger partial charge < -0.3 is 15.2 Å². The van der Waals surface area contributed by atoms with Crippen LogP contribution in [-0.2, 0) is 9.53 Å². The number of nitrogens with two attached hydrogens (primary N) is 1. The zero-order chi connectivity index (χ0) is 19.2. The molecule has 0 aliphatic heterocycles. The first-order chi connectivity index (χ1) is 12.6. The first kappa shape index (κ1) is 22.2. The van der Waals surface area contributed by atoms with Crippen molar-refractivity contribution in [2.24, 2.45) is 5.73 Å². The maximum atomic E-state index is 11.9. The van der Waals surface area contributed by atoms with Crippen molar-refractivity contribution in [3.63, 3.8) is 0 Å². The number of unbranched alkanes of at least 4 members (excludes halogenated alkanes) is 7. The molecular weight excluding hydrogens is 326 g/mol. The lowest BCUT2D eigenvalue weighted by Gasteiger charge is -2.11. The maximum absolute atomic E-state index is 11.9. The van der Waals surface area contributed by atoms with Crippen LogP contribution in [0.2, 0.25) is 0 Å². The van der Waals surface area contributed by atoms with Crippen molar-refractivity contribution in [3.05, 3.63) is 35.4 Å². The monoisotopic (exact) mass is 361 g/mol. The van der Waals surface area contributed by atoms with Gasteiger partial charge in [0.15, 0.2) is 6.79 Å². The third-order valence-corrected chi connectivity index (χ3v) is 4.66. The second-order valence-electron chi connectivity index (χ2n) is 6.77. The summed E-state index contributed by atoms with van der Waals surface area (Å²) < 4.78 is 10.3. The summed E-state index contributed by atoms with van der Waals surface area (Å²) in [4.78, 5) is 11.9. The van der Waals surface area contributed by atoms with E-state index >= 15 is 0 Å². The Hall–Kier alpha value is -1.81. The molecule has 1 aromatic rings. The lowest BCUT2D eigenvalue weighted by Crippen LogP contribution is -2.15. The summed E-state index contributed by atoms with van der Waals surface area (Å²) in [6.07, 6.45) is 10.7. The number of allylic oxidation sites excluding steroid dienone is 1. The van der Waals surface area contributed by atoms with Gasteiger partial charge in [0.05, 0.1) is 0 Å². The SMILES string of the molecule is CCCCCCCCCC/C(C(N)=O)=C(\C)c1ccc(OCOC)cc1. The Morgan fingerprint density at radius 1 is 0.962 bits per heavy atom. The van der Waals surface area contributed by atoms with E-state index < -0.39 is 0 Å². The zero-order valence-corrected chi connectivity index (χ0v) is 16.7. The van der Waals surface area contributed by atoms with Crippen molar-refractivity contribution in [1.29, 1.82) is 0 Å². The fourth-order valence-electron chi connectivity index (χ4n) is 3.03. The molecule has 2 N–H and O–H groups in total. The summed E-state index contributed by atoms with van der Waals surface area (Å²) >= 11 is 0. The van der Waals surface area contributed by atoms with Gasteiger partial charge in [0.1, 0.15) is 5.75 Å². The number of benzene rings is 1. The van der Waals surface area contributed by atoms with Gasteiger partial charge in [0.2, 0.25) is 5.91 Å². The largest absolute Gasteiger partial charge is 0.468 e. The molecule has 0 bridgehead atoms. The van der Waals surface area contributed by atoms with Crippen molar-refractivity contribution in [1.82, 2.24) is 0 Å². The number of ether oxygens (including phenoxy) is 2. The fourth-order valence-corrected chi connectivity index (χ4v) is 3.03. The molecule has 0 atom stereocenters. The van der Waals surface area contributed by atoms with Crippen LogP contribution in [0.4, 0.5) is 0 Å². The Bertz CT molecular complexity index is 549. The molecule has 4 heteroatoms. The number of hydrogen-bond acceptors (Lipinski definition) is 3. The average Bonchev–Trinajstić information content (AvgIpc) is 2.65. The molecular formula is C22H35NO3. The van der Waals surface area contributed by atoms with Gasteiger partial charge in [-0.2, -0.15) is 0 Å². The molecule has 146 valence electrons. The standard InChI is InChI=1S/C22H35NO3/c1-4-5-6-7-8-9-10-11-12-21(22(23)24)18(2)19-13-15-20(16-14-19)26-17-25-3/h13-16H,4-12,17H2,1-3H3,(H2,23,24)/b21-18-. The summed E-state index contributed by atoms with van der Waals surface area (Å²) in [5, 5.41) is 0. The Morgan fingerprint density at radius 3 is 2.08 bits per heavy atom. The summed E-state index contributed by atoms with van der Waals surface area (Å²) in [7, 11) is 1.59. The van der Waals surface area contributed by atoms with Crippen LogP contribution < -0.4 is 10.5 Å². The van der Waals surface area contributed by atoms with Crippen LogP contribution in [0, 0.1) is 0 Å². The van der Waals surface area contributed by atoms with E-state index in [0.29, 0.717) is 0 Å². The molecule has 1 amide bonds. The topological polar surface area (TPSA) is 61.6 Å². The van der Waals surface area contributed by atoms with Gasteiger partial charge in [0.25, 0.3) is 0 Å². The zero-order valence-electron chi connectivity index (χ0n) is 16.7. The van der Waals surface area contributed by atoms with E-state index in [4.69, 9.17) is 15.2 Å². The predicted molar refractivity (Wildman–Crippen MR) is 108 cm³/mol. The normalized spacial score (nSPS) is 12.0. The second-order valence-corrected chi connectivity index (χ2v) is 6.77. The maximum Gasteiger partial charge on any atom is 0.244 e. The molecule has 1 aromatic carbocycles. The Morgan fingerprint density at radius 2 is 1.54 bits per heavy atom. The Balaban J connectivity index is 2.53. The van der Waals surface area contributed by atoms with Crippen molar-refractivity contribution < 1.29 is 14.3 Å². The number of rotatable bonds is 14. The quantitative estimate of drug-likeness (QED) is 0.272. The van der Waals surface area contributed by atoms with Crippen LogP contribution in [0.15, 0.2) is 29.8 Å². The van der Waals surface area contributed by atoms with Crippen LogP contribution in [0.25, 0.3) is 5.57 Å². The lowest BCUT2D eigenvalue weighted by atomic mass is 9.96. The van der Waals surface area contributed by atoms with Gasteiger partial charge in [-0.05, 0) is 43.0 Å². The third-order valence-electron chi connectivity index (χ3n) is 4.66. The van der Waals surface area contributed by atoms with E-state index in [0.717, 1.165) is 41.7 Å². The summed E-state index contributed by atoms with van der Waals surface area (Å²) in [5.41, 5.74) is 8.33. The van der Waals surface area contributed by atoms with Crippen molar-refractivity contribution in [2.75, 3.05) is 13.9 Å². The van der Waals surface area contributed by atoms with Crippen LogP contribution >= 0.6 is 0 Å². The molecule has 26 heavy (non-hydrogen) atoms. The summed E-state index contributed by atoms with van der Waals surface area (Å²) in [6, 6.07) is 7.67. The highest BCUT2D eigenvalue weighted by Gasteiger charge is 2.11. The Labute approximate surface area is 158 Å². The minimum absolute atomic E-state index is 0.221. The van der Waals surface area contributed by atoms with Crippen molar-refractivity contribution in [2.45, 2.75) is 71.6 Å². The van der Waals surface area contributed by atoms with Crippen molar-refractivity contribution >= 4 is 11.5 Å². The third kappa shape index (κ3) is 8.52. The van der Waals surface area contributed by atoms with Gasteiger partial charge in [0, 0.05) is 12.7 Å². The van der Waals surface area contributed by atoms with Crippen LogP contribution in [0.1, 0.15) is 77.2 Å². The van der Waals surface area contributed by atoms with E-state index in [1.165, 1.54) is 38.5 Å². The highest BCUT2D eigenvalue weighted by molar-refractivity contribution is 5.99. The van der Waals surface area contributed by atoms with E-state index in [-0.39, 0.29) is 12.7 Å². The summed E-state index contributed by atoms with van der Waals surface area (Å²) in [5.74, 6) is 0.428. The van der Waals surface area contributed by atoms with Gasteiger partial charge >= 0.3 is 0 Å².